The predicted octanol–water partition coefficient (Wildman–Crippen LogP) is -1.87. The summed E-state index contributed by atoms with van der Waals surface area (Å²) < 4.78 is 0. The van der Waals surface area contributed by atoms with Crippen molar-refractivity contribution in [3.63, 3.8) is 0 Å². The minimum absolute atomic E-state index is 0.104. The Morgan fingerprint density at radius 2 is 1.00 bits per heavy atom. The zero-order valence-corrected chi connectivity index (χ0v) is 15.1. The van der Waals surface area contributed by atoms with Gasteiger partial charge in [-0.15, -0.1) is 0 Å². The fraction of sp³-hybridized carbons (Fsp3) is 0.667. The van der Waals surface area contributed by atoms with Crippen LogP contribution >= 0.6 is 0 Å². The summed E-state index contributed by atoms with van der Waals surface area (Å²) in [5.74, 6) is -0.207. The van der Waals surface area contributed by atoms with Crippen LogP contribution in [0.2, 0.25) is 0 Å². The van der Waals surface area contributed by atoms with Gasteiger partial charge in [-0.2, -0.15) is 0 Å². The number of aliphatic hydroxyl groups is 2. The smallest absolute Gasteiger partial charge is 0.204 e. The highest BCUT2D eigenvalue weighted by Gasteiger charge is 2.30. The van der Waals surface area contributed by atoms with Crippen molar-refractivity contribution in [1.82, 2.24) is 19.6 Å². The average Bonchev–Trinajstić information content (AvgIpc) is 2.65. The van der Waals surface area contributed by atoms with E-state index >= 15 is 0 Å². The third-order valence-electron chi connectivity index (χ3n) is 5.30. The summed E-state index contributed by atoms with van der Waals surface area (Å²) in [5, 5.41) is 18.0. The Kier molecular flexibility index (Phi) is 6.42. The van der Waals surface area contributed by atoms with Crippen LogP contribution in [0.15, 0.2) is 23.5 Å². The zero-order valence-electron chi connectivity index (χ0n) is 15.1. The van der Waals surface area contributed by atoms with Gasteiger partial charge in [0.15, 0.2) is 0 Å². The molecule has 8 heteroatoms. The van der Waals surface area contributed by atoms with Crippen molar-refractivity contribution in [2.45, 2.75) is 0 Å². The number of nitrogens with zero attached hydrogens (tertiary/aromatic N) is 4. The molecule has 0 radical (unpaired) electrons. The van der Waals surface area contributed by atoms with Crippen molar-refractivity contribution in [3.05, 3.63) is 23.5 Å². The molecule has 3 rings (SSSR count). The molecular weight excluding hydrogens is 336 g/mol. The number of aliphatic hydroxyl groups excluding tert-OH is 2. The lowest BCUT2D eigenvalue weighted by Gasteiger charge is -2.39. The van der Waals surface area contributed by atoms with Crippen LogP contribution in [0.25, 0.3) is 0 Å². The van der Waals surface area contributed by atoms with Gasteiger partial charge < -0.3 is 20.0 Å². The molecule has 0 bridgehead atoms. The molecule has 1 aliphatic carbocycles. The molecule has 0 amide bonds. The summed E-state index contributed by atoms with van der Waals surface area (Å²) in [6.45, 7) is 7.44. The molecule has 8 nitrogen and oxygen atoms in total. The Morgan fingerprint density at radius 1 is 0.654 bits per heavy atom. The monoisotopic (exact) mass is 364 g/mol. The second-order valence-corrected chi connectivity index (χ2v) is 6.89. The SMILES string of the molecule is O=C1C=C(N2CCN(CCO)CC2)C(=O)C=C1N1CCN(CCO)CC1. The molecule has 3 aliphatic rings. The summed E-state index contributed by atoms with van der Waals surface area (Å²) in [4.78, 5) is 33.5. The normalized spacial score (nSPS) is 23.3. The van der Waals surface area contributed by atoms with Crippen LogP contribution in [0.3, 0.4) is 0 Å². The molecule has 2 N–H and O–H groups in total. The predicted molar refractivity (Wildman–Crippen MR) is 96.4 cm³/mol. The van der Waals surface area contributed by atoms with E-state index in [0.29, 0.717) is 50.7 Å². The first-order valence-corrected chi connectivity index (χ1v) is 9.30. The Hall–Kier alpha value is -1.74. The van der Waals surface area contributed by atoms with Gasteiger partial charge in [0, 0.05) is 77.6 Å². The number of β-amino-alcohol motifs (C(OH)–C–C–N with tert-alkyl or cyclic N) is 2. The summed E-state index contributed by atoms with van der Waals surface area (Å²) in [6, 6.07) is 0. The molecule has 26 heavy (non-hydrogen) atoms. The number of ketones is 2. The Balaban J connectivity index is 1.58. The highest BCUT2D eigenvalue weighted by molar-refractivity contribution is 6.19. The maximum Gasteiger partial charge on any atom is 0.204 e. The van der Waals surface area contributed by atoms with Gasteiger partial charge in [-0.1, -0.05) is 0 Å². The van der Waals surface area contributed by atoms with Crippen LogP contribution in [0.5, 0.6) is 0 Å². The van der Waals surface area contributed by atoms with Crippen LogP contribution in [0.1, 0.15) is 0 Å². The summed E-state index contributed by atoms with van der Waals surface area (Å²) >= 11 is 0. The first kappa shape index (κ1) is 19.0. The molecule has 2 saturated heterocycles. The van der Waals surface area contributed by atoms with E-state index in [1.54, 1.807) is 0 Å². The van der Waals surface area contributed by atoms with Gasteiger partial charge in [0.1, 0.15) is 0 Å². The highest BCUT2D eigenvalue weighted by atomic mass is 16.3. The molecule has 0 atom stereocenters. The summed E-state index contributed by atoms with van der Waals surface area (Å²) in [5.41, 5.74) is 0.975. The number of rotatable bonds is 6. The molecular formula is C18H28N4O4. The maximum absolute atomic E-state index is 12.6. The van der Waals surface area contributed by atoms with E-state index in [-0.39, 0.29) is 24.8 Å². The van der Waals surface area contributed by atoms with Crippen LogP contribution in [0.4, 0.5) is 0 Å². The van der Waals surface area contributed by atoms with Gasteiger partial charge in [0.2, 0.25) is 11.6 Å². The lowest BCUT2D eigenvalue weighted by atomic mass is 10.0. The van der Waals surface area contributed by atoms with Crippen molar-refractivity contribution >= 4 is 11.6 Å². The van der Waals surface area contributed by atoms with E-state index in [0.717, 1.165) is 26.2 Å². The summed E-state index contributed by atoms with van der Waals surface area (Å²) in [7, 11) is 0. The minimum Gasteiger partial charge on any atom is -0.395 e. The van der Waals surface area contributed by atoms with Gasteiger partial charge in [0.25, 0.3) is 0 Å². The molecule has 144 valence electrons. The molecule has 2 fully saturated rings. The first-order chi connectivity index (χ1) is 12.6. The van der Waals surface area contributed by atoms with Gasteiger partial charge >= 0.3 is 0 Å². The first-order valence-electron chi connectivity index (χ1n) is 9.30. The topological polar surface area (TPSA) is 87.6 Å². The number of hydrogen-bond acceptors (Lipinski definition) is 8. The van der Waals surface area contributed by atoms with Crippen molar-refractivity contribution in [1.29, 1.82) is 0 Å². The third-order valence-corrected chi connectivity index (χ3v) is 5.30. The van der Waals surface area contributed by atoms with E-state index in [2.05, 4.69) is 9.80 Å². The Morgan fingerprint density at radius 3 is 1.31 bits per heavy atom. The van der Waals surface area contributed by atoms with Gasteiger partial charge in [-0.05, 0) is 0 Å². The second-order valence-electron chi connectivity index (χ2n) is 6.89. The zero-order chi connectivity index (χ0) is 18.5. The van der Waals surface area contributed by atoms with E-state index in [9.17, 15) is 9.59 Å². The molecule has 0 aromatic rings. The molecule has 0 unspecified atom stereocenters. The van der Waals surface area contributed by atoms with E-state index in [4.69, 9.17) is 10.2 Å². The number of carbonyl (C=O) groups excluding carboxylic acids is 2. The standard InChI is InChI=1S/C18H28N4O4/c23-11-9-19-1-5-21(6-2-19)15-13-18(26)16(14-17(15)25)22-7-3-20(4-8-22)10-12-24/h13-14,23-24H,1-12H2. The molecule has 2 aliphatic heterocycles. The number of hydrogen-bond donors (Lipinski definition) is 2. The molecule has 0 aromatic carbocycles. The van der Waals surface area contributed by atoms with Crippen LogP contribution in [-0.2, 0) is 9.59 Å². The van der Waals surface area contributed by atoms with Gasteiger partial charge in [-0.25, -0.2) is 0 Å². The quantitative estimate of drug-likeness (QED) is 0.530. The highest BCUT2D eigenvalue weighted by Crippen LogP contribution is 2.21. The molecule has 0 aromatic heterocycles. The van der Waals surface area contributed by atoms with Crippen LogP contribution in [-0.4, -0.2) is 120 Å². The summed E-state index contributed by atoms with van der Waals surface area (Å²) in [6.07, 6.45) is 2.97. The third kappa shape index (κ3) is 4.32. The minimum atomic E-state index is -0.104. The van der Waals surface area contributed by atoms with Crippen molar-refractivity contribution in [2.75, 3.05) is 78.7 Å². The van der Waals surface area contributed by atoms with Crippen LogP contribution < -0.4 is 0 Å². The number of carbonyl (C=O) groups is 2. The van der Waals surface area contributed by atoms with E-state index in [1.165, 1.54) is 12.2 Å². The maximum atomic E-state index is 12.6. The van der Waals surface area contributed by atoms with Gasteiger partial charge in [0.05, 0.1) is 24.6 Å². The number of allylic oxidation sites excluding steroid dienone is 2. The lowest BCUT2D eigenvalue weighted by molar-refractivity contribution is -0.117. The van der Waals surface area contributed by atoms with Crippen molar-refractivity contribution in [2.24, 2.45) is 0 Å². The van der Waals surface area contributed by atoms with Crippen molar-refractivity contribution in [3.8, 4) is 0 Å². The Bertz CT molecular complexity index is 536. The van der Waals surface area contributed by atoms with E-state index < -0.39 is 0 Å². The van der Waals surface area contributed by atoms with E-state index in [1.807, 2.05) is 9.80 Å². The lowest BCUT2D eigenvalue weighted by Crippen LogP contribution is -2.49. The largest absolute Gasteiger partial charge is 0.395 e. The van der Waals surface area contributed by atoms with Gasteiger partial charge in [-0.3, -0.25) is 19.4 Å². The second kappa shape index (κ2) is 8.77. The van der Waals surface area contributed by atoms with Crippen LogP contribution in [0, 0.1) is 0 Å². The Labute approximate surface area is 153 Å². The van der Waals surface area contributed by atoms with Crippen molar-refractivity contribution < 1.29 is 19.8 Å². The molecule has 0 saturated carbocycles. The fourth-order valence-electron chi connectivity index (χ4n) is 3.74. The fourth-order valence-corrected chi connectivity index (χ4v) is 3.74. The molecule has 0 spiro atoms. The average molecular weight is 364 g/mol. The molecule has 2 heterocycles. The number of piperazine rings is 2.